The summed E-state index contributed by atoms with van der Waals surface area (Å²) in [5, 5.41) is 0. The summed E-state index contributed by atoms with van der Waals surface area (Å²) in [6.07, 6.45) is 0. The Kier molecular flexibility index (Phi) is 4.25. The van der Waals surface area contributed by atoms with E-state index in [2.05, 4.69) is 28.2 Å². The highest BCUT2D eigenvalue weighted by atomic mass is 27.0. The van der Waals surface area contributed by atoms with Crippen LogP contribution < -0.4 is 0 Å². The molecule has 0 saturated carbocycles. The summed E-state index contributed by atoms with van der Waals surface area (Å²) in [7, 11) is 8.50. The third kappa shape index (κ3) is 226. The molecule has 0 bridgehead atoms. The van der Waals surface area contributed by atoms with Crippen molar-refractivity contribution in [2.45, 2.75) is 0 Å². The van der Waals surface area contributed by atoms with E-state index >= 15 is 0 Å². The third-order valence-corrected chi connectivity index (χ3v) is 0. The summed E-state index contributed by atoms with van der Waals surface area (Å²) in [6.45, 7) is 0. The first kappa shape index (κ1) is 9.70. The lowest BCUT2D eigenvalue weighted by Gasteiger charge is -2.14. The zero-order chi connectivity index (χ0) is 4.50. The highest BCUT2D eigenvalue weighted by Gasteiger charge is 1.88. The van der Waals surface area contributed by atoms with Crippen LogP contribution in [0.15, 0.2) is 0 Å². The summed E-state index contributed by atoms with van der Waals surface area (Å²) < 4.78 is 1.00. The first-order valence-electron chi connectivity index (χ1n) is 1.79. The average Bonchev–Trinajstić information content (AvgIpc) is 0.722. The molecule has 0 amide bonds. The molecule has 0 aliphatic heterocycles. The molecule has 0 N–H and O–H groups in total. The molecule has 0 saturated heterocycles. The molecule has 3 radical (unpaired) electrons. The highest BCUT2D eigenvalue weighted by molar-refractivity contribution is 5.75. The quantitative estimate of drug-likeness (QED) is 0.299. The summed E-state index contributed by atoms with van der Waals surface area (Å²) in [6, 6.07) is 0. The van der Waals surface area contributed by atoms with E-state index in [1.807, 2.05) is 0 Å². The maximum atomic E-state index is 2.12. The summed E-state index contributed by atoms with van der Waals surface area (Å²) in [4.78, 5) is 0. The number of rotatable bonds is 0. The van der Waals surface area contributed by atoms with Crippen LogP contribution in [0.5, 0.6) is 0 Å². The lowest BCUT2D eigenvalue weighted by Crippen LogP contribution is -2.27. The molecule has 1 nitrogen and oxygen atoms in total. The number of nitrogens with zero attached hydrogens (tertiary/aromatic N) is 1. The van der Waals surface area contributed by atoms with Crippen molar-refractivity contribution in [3.8, 4) is 0 Å². The van der Waals surface area contributed by atoms with Gasteiger partial charge in [0.15, 0.2) is 0 Å². The Bertz CT molecular complexity index is 27.2. The van der Waals surface area contributed by atoms with Crippen molar-refractivity contribution < 1.29 is 5.91 Å². The molecule has 0 aliphatic carbocycles. The molecule has 37 valence electrons. The minimum absolute atomic E-state index is 0. The second-order valence-electron chi connectivity index (χ2n) is 2.68. The number of hydrogen-bond donors (Lipinski definition) is 0. The van der Waals surface area contributed by atoms with Crippen molar-refractivity contribution in [1.82, 2.24) is 0 Å². The first-order valence-corrected chi connectivity index (χ1v) is 1.79. The zero-order valence-corrected chi connectivity index (χ0v) is 6.18. The SMILES string of the molecule is C[N+](C)(C)C.[Al].[H-]. The van der Waals surface area contributed by atoms with Crippen molar-refractivity contribution in [1.29, 1.82) is 0 Å². The normalized spacial score (nSPS) is 10.0. The van der Waals surface area contributed by atoms with Crippen molar-refractivity contribution in [3.05, 3.63) is 0 Å². The van der Waals surface area contributed by atoms with Gasteiger partial charge in [0.1, 0.15) is 0 Å². The molecule has 0 spiro atoms. The van der Waals surface area contributed by atoms with Gasteiger partial charge in [-0.2, -0.15) is 0 Å². The summed E-state index contributed by atoms with van der Waals surface area (Å²) in [5.41, 5.74) is 0. The summed E-state index contributed by atoms with van der Waals surface area (Å²) in [5.74, 6) is 0. The molecule has 0 heterocycles. The maximum absolute atomic E-state index is 2.12. The Balaban J connectivity index is -0.0000000800. The van der Waals surface area contributed by atoms with Gasteiger partial charge >= 0.3 is 0 Å². The van der Waals surface area contributed by atoms with Gasteiger partial charge in [0.25, 0.3) is 0 Å². The van der Waals surface area contributed by atoms with E-state index in [0.717, 1.165) is 4.48 Å². The fraction of sp³-hybridized carbons (Fsp3) is 1.00. The molecule has 2 heteroatoms. The monoisotopic (exact) mass is 102 g/mol. The average molecular weight is 102 g/mol. The van der Waals surface area contributed by atoms with Crippen LogP contribution in [-0.4, -0.2) is 50.0 Å². The lowest BCUT2D eigenvalue weighted by atomic mass is 10.8. The van der Waals surface area contributed by atoms with Crippen LogP contribution in [0.25, 0.3) is 0 Å². The van der Waals surface area contributed by atoms with Crippen molar-refractivity contribution in [3.63, 3.8) is 0 Å². The van der Waals surface area contributed by atoms with Gasteiger partial charge in [-0.25, -0.2) is 0 Å². The zero-order valence-electron chi connectivity index (χ0n) is 6.02. The molecule has 0 fully saturated rings. The van der Waals surface area contributed by atoms with Crippen LogP contribution in [0, 0.1) is 0 Å². The van der Waals surface area contributed by atoms with Crippen LogP contribution in [0.1, 0.15) is 1.43 Å². The minimum Gasteiger partial charge on any atom is -1.00 e. The van der Waals surface area contributed by atoms with E-state index < -0.39 is 0 Å². The molecule has 0 aromatic carbocycles. The minimum atomic E-state index is 0. The Morgan fingerprint density at radius 1 is 1.00 bits per heavy atom. The lowest BCUT2D eigenvalue weighted by molar-refractivity contribution is -0.849. The van der Waals surface area contributed by atoms with Gasteiger partial charge in [-0.3, -0.25) is 0 Å². The van der Waals surface area contributed by atoms with Crippen LogP contribution >= 0.6 is 0 Å². The third-order valence-electron chi connectivity index (χ3n) is 0. The fourth-order valence-electron chi connectivity index (χ4n) is 0. The van der Waals surface area contributed by atoms with E-state index in [9.17, 15) is 0 Å². The second kappa shape index (κ2) is 2.63. The number of quaternary nitrogens is 1. The van der Waals surface area contributed by atoms with Gasteiger partial charge < -0.3 is 5.91 Å². The topological polar surface area (TPSA) is 0 Å². The van der Waals surface area contributed by atoms with Crippen molar-refractivity contribution in [2.75, 3.05) is 28.2 Å². The van der Waals surface area contributed by atoms with Gasteiger partial charge in [-0.1, -0.05) is 0 Å². The first-order chi connectivity index (χ1) is 2.00. The van der Waals surface area contributed by atoms with Crippen LogP contribution in [0.2, 0.25) is 0 Å². The Morgan fingerprint density at radius 2 is 1.00 bits per heavy atom. The molecule has 6 heavy (non-hydrogen) atoms. The van der Waals surface area contributed by atoms with Crippen molar-refractivity contribution >= 4 is 17.4 Å². The molecule has 0 aromatic rings. The Morgan fingerprint density at radius 3 is 1.00 bits per heavy atom. The molecule has 0 unspecified atom stereocenters. The Labute approximate surface area is 52.2 Å². The van der Waals surface area contributed by atoms with E-state index in [1.54, 1.807) is 0 Å². The van der Waals surface area contributed by atoms with Gasteiger partial charge in [-0.15, -0.1) is 0 Å². The van der Waals surface area contributed by atoms with E-state index in [0.29, 0.717) is 0 Å². The van der Waals surface area contributed by atoms with Gasteiger partial charge in [-0.05, 0) is 0 Å². The van der Waals surface area contributed by atoms with Crippen LogP contribution in [0.4, 0.5) is 0 Å². The van der Waals surface area contributed by atoms with Crippen LogP contribution in [0.3, 0.4) is 0 Å². The summed E-state index contributed by atoms with van der Waals surface area (Å²) >= 11 is 0. The van der Waals surface area contributed by atoms with Gasteiger partial charge in [0.2, 0.25) is 0 Å². The van der Waals surface area contributed by atoms with Gasteiger partial charge in [0.05, 0.1) is 28.2 Å². The predicted octanol–water partition coefficient (Wildman–Crippen LogP) is 0.0541. The van der Waals surface area contributed by atoms with Crippen LogP contribution in [-0.2, 0) is 0 Å². The molecule has 0 aromatic heterocycles. The van der Waals surface area contributed by atoms with Gasteiger partial charge in [0, 0.05) is 17.4 Å². The maximum Gasteiger partial charge on any atom is 0.0675 e. The standard InChI is InChI=1S/C4H12N.Al.H/c1-5(2,3)4;;/h1-4H3;;/q+1;;-1. The smallest absolute Gasteiger partial charge is 0.0675 e. The molecular formula is C4H13AlN. The molecular weight excluding hydrogens is 89.0 g/mol. The predicted molar refractivity (Wildman–Crippen MR) is 30.8 cm³/mol. The molecule has 0 aliphatic rings. The molecule has 0 atom stereocenters. The fourth-order valence-corrected chi connectivity index (χ4v) is 0. The second-order valence-corrected chi connectivity index (χ2v) is 2.68. The Hall–Kier alpha value is 0.492. The molecule has 0 rings (SSSR count). The highest BCUT2D eigenvalue weighted by Crippen LogP contribution is 1.73. The number of hydrogen-bond acceptors (Lipinski definition) is 0. The van der Waals surface area contributed by atoms with E-state index in [1.165, 1.54) is 0 Å². The van der Waals surface area contributed by atoms with E-state index in [-0.39, 0.29) is 18.8 Å². The van der Waals surface area contributed by atoms with E-state index in [4.69, 9.17) is 0 Å². The van der Waals surface area contributed by atoms with Crippen molar-refractivity contribution in [2.24, 2.45) is 0 Å². The largest absolute Gasteiger partial charge is 1.00 e.